The Morgan fingerprint density at radius 1 is 1.04 bits per heavy atom. The zero-order valence-electron chi connectivity index (χ0n) is 16.0. The van der Waals surface area contributed by atoms with Crippen LogP contribution in [-0.4, -0.2) is 25.1 Å². The number of carbonyl (C=O) groups excluding carboxylic acids is 1. The quantitative estimate of drug-likeness (QED) is 0.674. The van der Waals surface area contributed by atoms with Gasteiger partial charge < -0.3 is 9.47 Å². The normalized spacial score (nSPS) is 10.6. The third-order valence-electron chi connectivity index (χ3n) is 4.31. The number of amides is 1. The monoisotopic (exact) mass is 382 g/mol. The topological polar surface area (TPSA) is 60.5 Å². The lowest BCUT2D eigenvalue weighted by molar-refractivity contribution is 0.102. The van der Waals surface area contributed by atoms with Crippen molar-refractivity contribution in [2.24, 2.45) is 0 Å². The predicted molar refractivity (Wildman–Crippen MR) is 109 cm³/mol. The number of thiazole rings is 1. The summed E-state index contributed by atoms with van der Waals surface area (Å²) in [4.78, 5) is 17.3. The largest absolute Gasteiger partial charge is 0.497 e. The molecule has 0 bridgehead atoms. The first-order chi connectivity index (χ1) is 12.9. The van der Waals surface area contributed by atoms with Crippen LogP contribution in [0.15, 0.2) is 35.7 Å². The van der Waals surface area contributed by atoms with Crippen LogP contribution < -0.4 is 14.8 Å². The lowest BCUT2D eigenvalue weighted by atomic mass is 9.98. The van der Waals surface area contributed by atoms with Crippen molar-refractivity contribution in [1.29, 1.82) is 0 Å². The van der Waals surface area contributed by atoms with Gasteiger partial charge in [-0.2, -0.15) is 0 Å². The lowest BCUT2D eigenvalue weighted by Gasteiger charge is -2.10. The fourth-order valence-corrected chi connectivity index (χ4v) is 3.88. The molecular weight excluding hydrogens is 360 g/mol. The molecule has 3 aromatic rings. The maximum absolute atomic E-state index is 12.7. The second-order valence-corrected chi connectivity index (χ2v) is 7.19. The zero-order valence-corrected chi connectivity index (χ0v) is 16.9. The third-order valence-corrected chi connectivity index (χ3v) is 5.07. The van der Waals surface area contributed by atoms with Gasteiger partial charge in [0.1, 0.15) is 11.5 Å². The Morgan fingerprint density at radius 3 is 2.37 bits per heavy atom. The summed E-state index contributed by atoms with van der Waals surface area (Å²) in [7, 11) is 3.09. The Balaban J connectivity index is 1.88. The van der Waals surface area contributed by atoms with Crippen LogP contribution in [-0.2, 0) is 0 Å². The molecule has 2 aromatic carbocycles. The van der Waals surface area contributed by atoms with E-state index in [1.165, 1.54) is 35.1 Å². The molecule has 6 heteroatoms. The molecule has 27 heavy (non-hydrogen) atoms. The van der Waals surface area contributed by atoms with Crippen molar-refractivity contribution >= 4 is 22.4 Å². The first kappa shape index (κ1) is 18.9. The Hall–Kier alpha value is -2.86. The van der Waals surface area contributed by atoms with Crippen LogP contribution in [0.4, 0.5) is 5.13 Å². The van der Waals surface area contributed by atoms with Gasteiger partial charge in [-0.3, -0.25) is 10.1 Å². The first-order valence-corrected chi connectivity index (χ1v) is 9.38. The molecule has 5 nitrogen and oxygen atoms in total. The van der Waals surface area contributed by atoms with Crippen molar-refractivity contribution in [2.45, 2.75) is 20.8 Å². The van der Waals surface area contributed by atoms with Crippen molar-refractivity contribution in [3.05, 3.63) is 58.0 Å². The van der Waals surface area contributed by atoms with Crippen molar-refractivity contribution in [3.63, 3.8) is 0 Å². The molecule has 0 aliphatic rings. The Labute approximate surface area is 163 Å². The van der Waals surface area contributed by atoms with Crippen molar-refractivity contribution in [1.82, 2.24) is 4.98 Å². The summed E-state index contributed by atoms with van der Waals surface area (Å²) in [5.41, 5.74) is 5.94. The highest BCUT2D eigenvalue weighted by Crippen LogP contribution is 2.32. The van der Waals surface area contributed by atoms with Gasteiger partial charge in [-0.1, -0.05) is 17.7 Å². The van der Waals surface area contributed by atoms with E-state index >= 15 is 0 Å². The minimum atomic E-state index is -0.288. The maximum atomic E-state index is 12.7. The highest BCUT2D eigenvalue weighted by Gasteiger charge is 2.17. The van der Waals surface area contributed by atoms with Crippen LogP contribution in [0.1, 0.15) is 27.0 Å². The van der Waals surface area contributed by atoms with E-state index in [0.29, 0.717) is 22.2 Å². The zero-order chi connectivity index (χ0) is 19.6. The Morgan fingerprint density at radius 2 is 1.74 bits per heavy atom. The van der Waals surface area contributed by atoms with E-state index in [4.69, 9.17) is 9.47 Å². The Bertz CT molecular complexity index is 972. The van der Waals surface area contributed by atoms with Gasteiger partial charge in [-0.15, -0.1) is 11.3 Å². The SMILES string of the molecule is COc1ccc(OC)c(C(=O)Nc2nc(-c3c(C)cc(C)cc3C)cs2)c1. The molecule has 0 aliphatic carbocycles. The van der Waals surface area contributed by atoms with Crippen LogP contribution in [0, 0.1) is 20.8 Å². The number of nitrogens with zero attached hydrogens (tertiary/aromatic N) is 1. The first-order valence-electron chi connectivity index (χ1n) is 8.50. The van der Waals surface area contributed by atoms with E-state index in [9.17, 15) is 4.79 Å². The number of carbonyl (C=O) groups is 1. The van der Waals surface area contributed by atoms with Gasteiger partial charge in [0.05, 0.1) is 25.5 Å². The van der Waals surface area contributed by atoms with Crippen molar-refractivity contribution < 1.29 is 14.3 Å². The van der Waals surface area contributed by atoms with E-state index in [1.807, 2.05) is 5.38 Å². The summed E-state index contributed by atoms with van der Waals surface area (Å²) in [5.74, 6) is 0.783. The van der Waals surface area contributed by atoms with Crippen LogP contribution in [0.2, 0.25) is 0 Å². The molecule has 1 amide bonds. The highest BCUT2D eigenvalue weighted by molar-refractivity contribution is 7.14. The predicted octanol–water partition coefficient (Wildman–Crippen LogP) is 5.00. The lowest BCUT2D eigenvalue weighted by Crippen LogP contribution is -2.13. The van der Waals surface area contributed by atoms with E-state index in [1.54, 1.807) is 25.3 Å². The number of hydrogen-bond acceptors (Lipinski definition) is 5. The number of rotatable bonds is 5. The number of nitrogens with one attached hydrogen (secondary N) is 1. The van der Waals surface area contributed by atoms with Gasteiger partial charge in [0.2, 0.25) is 0 Å². The van der Waals surface area contributed by atoms with Gasteiger partial charge in [0.25, 0.3) is 5.91 Å². The molecule has 1 N–H and O–H groups in total. The molecule has 3 rings (SSSR count). The third kappa shape index (κ3) is 3.95. The molecule has 0 saturated carbocycles. The number of aromatic nitrogens is 1. The summed E-state index contributed by atoms with van der Waals surface area (Å²) < 4.78 is 10.5. The summed E-state index contributed by atoms with van der Waals surface area (Å²) >= 11 is 1.40. The molecule has 0 aliphatic heterocycles. The second kappa shape index (κ2) is 7.80. The van der Waals surface area contributed by atoms with Crippen LogP contribution in [0.5, 0.6) is 11.5 Å². The highest BCUT2D eigenvalue weighted by atomic mass is 32.1. The van der Waals surface area contributed by atoms with E-state index in [-0.39, 0.29) is 5.91 Å². The molecule has 1 heterocycles. The van der Waals surface area contributed by atoms with E-state index in [2.05, 4.69) is 43.2 Å². The molecule has 1 aromatic heterocycles. The second-order valence-electron chi connectivity index (χ2n) is 6.33. The molecule has 0 saturated heterocycles. The minimum absolute atomic E-state index is 0.288. The van der Waals surface area contributed by atoms with Crippen molar-refractivity contribution in [3.8, 4) is 22.8 Å². The molecule has 0 fully saturated rings. The molecule has 0 unspecified atom stereocenters. The standard InChI is InChI=1S/C21H22N2O3S/c1-12-8-13(2)19(14(3)9-12)17-11-27-21(22-17)23-20(24)16-10-15(25-4)6-7-18(16)26-5/h6-11H,1-5H3,(H,22,23,24). The fraction of sp³-hybridized carbons (Fsp3) is 0.238. The van der Waals surface area contributed by atoms with E-state index < -0.39 is 0 Å². The molecular formula is C21H22N2O3S. The summed E-state index contributed by atoms with van der Waals surface area (Å²) in [5, 5.41) is 5.36. The number of hydrogen-bond donors (Lipinski definition) is 1. The minimum Gasteiger partial charge on any atom is -0.497 e. The van der Waals surface area contributed by atoms with Crippen molar-refractivity contribution in [2.75, 3.05) is 19.5 Å². The molecule has 0 radical (unpaired) electrons. The fourth-order valence-electron chi connectivity index (χ4n) is 3.19. The van der Waals surface area contributed by atoms with Gasteiger partial charge in [-0.05, 0) is 50.1 Å². The average Bonchev–Trinajstić information content (AvgIpc) is 3.08. The van der Waals surface area contributed by atoms with Crippen LogP contribution in [0.25, 0.3) is 11.3 Å². The smallest absolute Gasteiger partial charge is 0.261 e. The number of methoxy groups -OCH3 is 2. The summed E-state index contributed by atoms with van der Waals surface area (Å²) in [6.45, 7) is 6.24. The van der Waals surface area contributed by atoms with E-state index in [0.717, 1.165) is 11.3 Å². The molecule has 140 valence electrons. The molecule has 0 spiro atoms. The van der Waals surface area contributed by atoms with Gasteiger partial charge in [-0.25, -0.2) is 4.98 Å². The summed E-state index contributed by atoms with van der Waals surface area (Å²) in [6, 6.07) is 9.39. The molecule has 0 atom stereocenters. The number of ether oxygens (including phenoxy) is 2. The van der Waals surface area contributed by atoms with Crippen LogP contribution >= 0.6 is 11.3 Å². The van der Waals surface area contributed by atoms with Crippen LogP contribution in [0.3, 0.4) is 0 Å². The van der Waals surface area contributed by atoms with Gasteiger partial charge in [0, 0.05) is 10.9 Å². The van der Waals surface area contributed by atoms with Gasteiger partial charge >= 0.3 is 0 Å². The summed E-state index contributed by atoms with van der Waals surface area (Å²) in [6.07, 6.45) is 0. The maximum Gasteiger partial charge on any atom is 0.261 e. The number of aryl methyl sites for hydroxylation is 3. The Kier molecular flexibility index (Phi) is 5.46. The number of benzene rings is 2. The number of anilines is 1. The average molecular weight is 382 g/mol. The van der Waals surface area contributed by atoms with Gasteiger partial charge in [0.15, 0.2) is 5.13 Å².